The third kappa shape index (κ3) is 5.90. The van der Waals surface area contributed by atoms with Crippen molar-refractivity contribution < 1.29 is 27.4 Å². The van der Waals surface area contributed by atoms with Gasteiger partial charge in [0.25, 0.3) is 0 Å². The molecule has 1 aromatic carbocycles. The Morgan fingerprint density at radius 1 is 1.29 bits per heavy atom. The van der Waals surface area contributed by atoms with Crippen molar-refractivity contribution in [3.05, 3.63) is 23.8 Å². The van der Waals surface area contributed by atoms with E-state index < -0.39 is 18.8 Å². The first-order valence-corrected chi connectivity index (χ1v) is 6.09. The molecule has 0 aliphatic rings. The minimum absolute atomic E-state index is 0.246. The number of ether oxygens (including phenoxy) is 2. The number of hydrogen-bond donors (Lipinski definition) is 1. The monoisotopic (exact) mass is 306 g/mol. The van der Waals surface area contributed by atoms with Gasteiger partial charge in [-0.1, -0.05) is 0 Å². The molecular formula is C13H17F3N2O3. The van der Waals surface area contributed by atoms with Gasteiger partial charge in [-0.25, -0.2) is 4.79 Å². The summed E-state index contributed by atoms with van der Waals surface area (Å²) in [7, 11) is 3.49. The lowest BCUT2D eigenvalue weighted by atomic mass is 10.1. The number of esters is 1. The molecule has 0 unspecified atom stereocenters. The van der Waals surface area contributed by atoms with Crippen LogP contribution in [0.4, 0.5) is 24.5 Å². The van der Waals surface area contributed by atoms with Gasteiger partial charge in [-0.3, -0.25) is 0 Å². The quantitative estimate of drug-likeness (QED) is 0.495. The predicted octanol–water partition coefficient (Wildman–Crippen LogP) is 2.07. The fraction of sp³-hybridized carbons (Fsp3) is 0.462. The number of benzene rings is 1. The molecule has 0 saturated heterocycles. The summed E-state index contributed by atoms with van der Waals surface area (Å²) in [6.07, 6.45) is -4.39. The third-order valence-corrected chi connectivity index (χ3v) is 2.45. The standard InChI is InChI=1S/C13H17F3N2O3/c1-18(2)11-4-3-9(17)7-10(11)12(19)21-6-5-20-8-13(14,15)16/h3-4,7H,5-6,8,17H2,1-2H3. The second-order valence-corrected chi connectivity index (χ2v) is 4.47. The van der Waals surface area contributed by atoms with Gasteiger partial charge in [0.1, 0.15) is 13.2 Å². The zero-order chi connectivity index (χ0) is 16.0. The molecule has 0 radical (unpaired) electrons. The molecule has 21 heavy (non-hydrogen) atoms. The second-order valence-electron chi connectivity index (χ2n) is 4.47. The van der Waals surface area contributed by atoms with Crippen molar-refractivity contribution in [2.75, 3.05) is 44.5 Å². The number of anilines is 2. The average molecular weight is 306 g/mol. The van der Waals surface area contributed by atoms with Crippen molar-refractivity contribution in [2.45, 2.75) is 6.18 Å². The van der Waals surface area contributed by atoms with E-state index in [1.807, 2.05) is 0 Å². The first-order valence-electron chi connectivity index (χ1n) is 6.09. The van der Waals surface area contributed by atoms with Crippen molar-refractivity contribution in [1.82, 2.24) is 0 Å². The molecular weight excluding hydrogens is 289 g/mol. The van der Waals surface area contributed by atoms with Crippen molar-refractivity contribution in [1.29, 1.82) is 0 Å². The molecule has 2 N–H and O–H groups in total. The first-order chi connectivity index (χ1) is 9.70. The Hall–Kier alpha value is -1.96. The summed E-state index contributed by atoms with van der Waals surface area (Å²) in [6, 6.07) is 4.75. The Balaban J connectivity index is 2.54. The molecule has 0 spiro atoms. The Labute approximate surface area is 120 Å². The van der Waals surface area contributed by atoms with Crippen molar-refractivity contribution in [3.8, 4) is 0 Å². The highest BCUT2D eigenvalue weighted by Gasteiger charge is 2.27. The molecule has 0 fully saturated rings. The SMILES string of the molecule is CN(C)c1ccc(N)cc1C(=O)OCCOCC(F)(F)F. The lowest BCUT2D eigenvalue weighted by Gasteiger charge is -2.17. The number of hydrogen-bond acceptors (Lipinski definition) is 5. The summed E-state index contributed by atoms with van der Waals surface area (Å²) in [5.41, 5.74) is 6.85. The molecule has 0 bridgehead atoms. The summed E-state index contributed by atoms with van der Waals surface area (Å²) in [5, 5.41) is 0. The number of carbonyl (C=O) groups excluding carboxylic acids is 1. The molecule has 0 aliphatic heterocycles. The molecule has 0 amide bonds. The van der Waals surface area contributed by atoms with Crippen LogP contribution in [-0.4, -0.2) is 46.1 Å². The van der Waals surface area contributed by atoms with Crippen LogP contribution in [0.1, 0.15) is 10.4 Å². The maximum absolute atomic E-state index is 11.9. The maximum atomic E-state index is 11.9. The van der Waals surface area contributed by atoms with E-state index >= 15 is 0 Å². The molecule has 1 aromatic rings. The van der Waals surface area contributed by atoms with Crippen molar-refractivity contribution >= 4 is 17.3 Å². The highest BCUT2D eigenvalue weighted by molar-refractivity contribution is 5.96. The normalized spacial score (nSPS) is 11.3. The van der Waals surface area contributed by atoms with Gasteiger partial charge in [0.05, 0.1) is 17.9 Å². The predicted molar refractivity (Wildman–Crippen MR) is 72.3 cm³/mol. The molecule has 0 aromatic heterocycles. The van der Waals surface area contributed by atoms with Gasteiger partial charge < -0.3 is 20.1 Å². The van der Waals surface area contributed by atoms with Gasteiger partial charge >= 0.3 is 12.1 Å². The largest absolute Gasteiger partial charge is 0.460 e. The van der Waals surface area contributed by atoms with Gasteiger partial charge in [-0.2, -0.15) is 13.2 Å². The van der Waals surface area contributed by atoms with Crippen molar-refractivity contribution in [3.63, 3.8) is 0 Å². The molecule has 1 rings (SSSR count). The fourth-order valence-electron chi connectivity index (χ4n) is 1.57. The van der Waals surface area contributed by atoms with E-state index in [-0.39, 0.29) is 18.8 Å². The second kappa shape index (κ2) is 7.16. The van der Waals surface area contributed by atoms with Gasteiger partial charge in [-0.15, -0.1) is 0 Å². The van der Waals surface area contributed by atoms with Gasteiger partial charge in [0.15, 0.2) is 0 Å². The van der Waals surface area contributed by atoms with E-state index in [2.05, 4.69) is 4.74 Å². The van der Waals surface area contributed by atoms with Gasteiger partial charge in [0, 0.05) is 19.8 Å². The lowest BCUT2D eigenvalue weighted by molar-refractivity contribution is -0.175. The Morgan fingerprint density at radius 3 is 2.52 bits per heavy atom. The van der Waals surface area contributed by atoms with E-state index in [0.717, 1.165) is 0 Å². The van der Waals surface area contributed by atoms with E-state index in [9.17, 15) is 18.0 Å². The number of nitrogens with zero attached hydrogens (tertiary/aromatic N) is 1. The van der Waals surface area contributed by atoms with Gasteiger partial charge in [-0.05, 0) is 18.2 Å². The molecule has 0 aliphatic carbocycles. The highest BCUT2D eigenvalue weighted by atomic mass is 19.4. The molecule has 118 valence electrons. The third-order valence-electron chi connectivity index (χ3n) is 2.45. The highest BCUT2D eigenvalue weighted by Crippen LogP contribution is 2.22. The van der Waals surface area contributed by atoms with Crippen LogP contribution in [0.3, 0.4) is 0 Å². The van der Waals surface area contributed by atoms with Crippen LogP contribution >= 0.6 is 0 Å². The Morgan fingerprint density at radius 2 is 1.95 bits per heavy atom. The van der Waals surface area contributed by atoms with E-state index in [1.54, 1.807) is 31.1 Å². The van der Waals surface area contributed by atoms with Crippen LogP contribution in [0.2, 0.25) is 0 Å². The molecule has 8 heteroatoms. The van der Waals surface area contributed by atoms with Crippen LogP contribution in [0.5, 0.6) is 0 Å². The smallest absolute Gasteiger partial charge is 0.411 e. The minimum Gasteiger partial charge on any atom is -0.460 e. The van der Waals surface area contributed by atoms with E-state index in [4.69, 9.17) is 10.5 Å². The number of carbonyl (C=O) groups is 1. The zero-order valence-corrected chi connectivity index (χ0v) is 11.7. The summed E-state index contributed by atoms with van der Waals surface area (Å²) >= 11 is 0. The first kappa shape index (κ1) is 17.1. The summed E-state index contributed by atoms with van der Waals surface area (Å²) in [5.74, 6) is -0.665. The number of rotatable bonds is 6. The van der Waals surface area contributed by atoms with Crippen LogP contribution in [0, 0.1) is 0 Å². The van der Waals surface area contributed by atoms with Crippen LogP contribution in [0.25, 0.3) is 0 Å². The Bertz CT molecular complexity index is 490. The van der Waals surface area contributed by atoms with Crippen LogP contribution in [0.15, 0.2) is 18.2 Å². The topological polar surface area (TPSA) is 64.8 Å². The summed E-state index contributed by atoms with van der Waals surface area (Å²) < 4.78 is 44.7. The molecule has 0 heterocycles. The fourth-order valence-corrected chi connectivity index (χ4v) is 1.57. The maximum Gasteiger partial charge on any atom is 0.411 e. The molecule has 5 nitrogen and oxygen atoms in total. The number of halogens is 3. The number of nitrogens with two attached hydrogens (primary N) is 1. The number of nitrogen functional groups attached to an aromatic ring is 1. The summed E-state index contributed by atoms with van der Waals surface area (Å²) in [6.45, 7) is -1.97. The van der Waals surface area contributed by atoms with E-state index in [0.29, 0.717) is 11.4 Å². The van der Waals surface area contributed by atoms with Crippen LogP contribution < -0.4 is 10.6 Å². The zero-order valence-electron chi connectivity index (χ0n) is 11.7. The molecule has 0 atom stereocenters. The minimum atomic E-state index is -4.39. The van der Waals surface area contributed by atoms with Crippen molar-refractivity contribution in [2.24, 2.45) is 0 Å². The molecule has 0 saturated carbocycles. The number of alkyl halides is 3. The van der Waals surface area contributed by atoms with Gasteiger partial charge in [0.2, 0.25) is 0 Å². The Kier molecular flexibility index (Phi) is 5.83. The van der Waals surface area contributed by atoms with E-state index in [1.165, 1.54) is 6.07 Å². The van der Waals surface area contributed by atoms with Crippen LogP contribution in [-0.2, 0) is 9.47 Å². The lowest BCUT2D eigenvalue weighted by Crippen LogP contribution is -2.20. The average Bonchev–Trinajstić information content (AvgIpc) is 2.36. The summed E-state index contributed by atoms with van der Waals surface area (Å²) in [4.78, 5) is 13.6.